The maximum atomic E-state index is 13.5. The highest BCUT2D eigenvalue weighted by molar-refractivity contribution is 6.02. The molecule has 2 unspecified atom stereocenters. The quantitative estimate of drug-likeness (QED) is 0.734. The van der Waals surface area contributed by atoms with Crippen LogP contribution in [0.1, 0.15) is 42.2 Å². The van der Waals surface area contributed by atoms with Crippen LogP contribution in [0.4, 0.5) is 0 Å². The molecular formula is C25H28N2O4. The fraction of sp³-hybridized carbons (Fsp3) is 0.360. The molecule has 0 N–H and O–H groups in total. The van der Waals surface area contributed by atoms with Crippen LogP contribution >= 0.6 is 0 Å². The number of allylic oxidation sites excluding steroid dienone is 2. The number of amides is 1. The molecule has 2 aromatic carbocycles. The summed E-state index contributed by atoms with van der Waals surface area (Å²) < 4.78 is 11.0. The fourth-order valence-corrected chi connectivity index (χ4v) is 4.82. The lowest BCUT2D eigenvalue weighted by atomic mass is 9.73. The lowest BCUT2D eigenvalue weighted by molar-refractivity contribution is -0.143. The SMILES string of the molecule is COc1ccc(OC)c(C2CC(=O)N(N(C)C)C3=C2C(=O)CC(c2ccccc2)C3)c1. The molecule has 1 amide bonds. The molecule has 0 aromatic heterocycles. The number of nitrogens with zero attached hydrogens (tertiary/aromatic N) is 2. The van der Waals surface area contributed by atoms with E-state index in [0.29, 0.717) is 29.9 Å². The minimum Gasteiger partial charge on any atom is -0.497 e. The predicted molar refractivity (Wildman–Crippen MR) is 118 cm³/mol. The summed E-state index contributed by atoms with van der Waals surface area (Å²) >= 11 is 0. The first-order chi connectivity index (χ1) is 14.9. The smallest absolute Gasteiger partial charge is 0.242 e. The van der Waals surface area contributed by atoms with Gasteiger partial charge in [-0.25, -0.2) is 10.0 Å². The first-order valence-electron chi connectivity index (χ1n) is 10.5. The summed E-state index contributed by atoms with van der Waals surface area (Å²) in [5, 5.41) is 3.45. The predicted octanol–water partition coefficient (Wildman–Crippen LogP) is 3.90. The fourth-order valence-electron chi connectivity index (χ4n) is 4.82. The molecule has 4 rings (SSSR count). The Kier molecular flexibility index (Phi) is 5.83. The number of rotatable bonds is 5. The molecule has 1 aliphatic heterocycles. The third-order valence-corrected chi connectivity index (χ3v) is 6.19. The van der Waals surface area contributed by atoms with E-state index in [2.05, 4.69) is 12.1 Å². The van der Waals surface area contributed by atoms with Crippen molar-refractivity contribution >= 4 is 11.7 Å². The van der Waals surface area contributed by atoms with E-state index in [1.165, 1.54) is 0 Å². The highest BCUT2D eigenvalue weighted by Gasteiger charge is 2.43. The van der Waals surface area contributed by atoms with Gasteiger partial charge in [-0.15, -0.1) is 0 Å². The van der Waals surface area contributed by atoms with Gasteiger partial charge in [-0.05, 0) is 36.1 Å². The molecule has 0 saturated heterocycles. The van der Waals surface area contributed by atoms with Gasteiger partial charge in [0.2, 0.25) is 5.91 Å². The Morgan fingerprint density at radius 3 is 2.32 bits per heavy atom. The number of benzene rings is 2. The Morgan fingerprint density at radius 1 is 0.935 bits per heavy atom. The summed E-state index contributed by atoms with van der Waals surface area (Å²) in [6, 6.07) is 15.6. The molecule has 31 heavy (non-hydrogen) atoms. The number of methoxy groups -OCH3 is 2. The second-order valence-corrected chi connectivity index (χ2v) is 8.22. The molecule has 0 saturated carbocycles. The van der Waals surface area contributed by atoms with Crippen LogP contribution in [-0.4, -0.2) is 50.0 Å². The minimum absolute atomic E-state index is 0.0277. The lowest BCUT2D eigenvalue weighted by Crippen LogP contribution is -2.48. The molecule has 0 spiro atoms. The van der Waals surface area contributed by atoms with Gasteiger partial charge in [0, 0.05) is 49.7 Å². The van der Waals surface area contributed by atoms with Gasteiger partial charge >= 0.3 is 0 Å². The van der Waals surface area contributed by atoms with Crippen LogP contribution < -0.4 is 9.47 Å². The van der Waals surface area contributed by atoms with E-state index in [4.69, 9.17) is 9.47 Å². The molecule has 1 heterocycles. The zero-order valence-electron chi connectivity index (χ0n) is 18.4. The zero-order chi connectivity index (χ0) is 22.1. The van der Waals surface area contributed by atoms with Crippen molar-refractivity contribution in [3.8, 4) is 11.5 Å². The van der Waals surface area contributed by atoms with E-state index in [9.17, 15) is 9.59 Å². The Bertz CT molecular complexity index is 1030. The van der Waals surface area contributed by atoms with Gasteiger partial charge in [-0.2, -0.15) is 0 Å². The molecule has 6 nitrogen and oxygen atoms in total. The molecule has 2 atom stereocenters. The topological polar surface area (TPSA) is 59.1 Å². The third kappa shape index (κ3) is 3.83. The summed E-state index contributed by atoms with van der Waals surface area (Å²) in [6.07, 6.45) is 1.28. The van der Waals surface area contributed by atoms with Crippen LogP contribution in [0.25, 0.3) is 0 Å². The van der Waals surface area contributed by atoms with Crippen molar-refractivity contribution in [1.29, 1.82) is 0 Å². The molecular weight excluding hydrogens is 392 g/mol. The van der Waals surface area contributed by atoms with E-state index in [1.54, 1.807) is 24.2 Å². The Balaban J connectivity index is 1.85. The van der Waals surface area contributed by atoms with Crippen molar-refractivity contribution in [3.63, 3.8) is 0 Å². The number of hydrogen-bond acceptors (Lipinski definition) is 5. The lowest BCUT2D eigenvalue weighted by Gasteiger charge is -2.43. The highest BCUT2D eigenvalue weighted by Crippen LogP contribution is 2.48. The average molecular weight is 421 g/mol. The molecule has 2 aromatic rings. The number of ketones is 1. The monoisotopic (exact) mass is 420 g/mol. The standard InChI is InChI=1S/C25H28N2O4/c1-26(2)27-21-12-17(16-8-6-5-7-9-16)13-22(28)25(21)20(15-24(27)29)19-14-18(30-3)10-11-23(19)31-4/h5-11,14,17,20H,12-13,15H2,1-4H3. The van der Waals surface area contributed by atoms with E-state index in [0.717, 1.165) is 16.8 Å². The highest BCUT2D eigenvalue weighted by atomic mass is 16.5. The molecule has 162 valence electrons. The van der Waals surface area contributed by atoms with Crippen molar-refractivity contribution in [2.45, 2.75) is 31.1 Å². The molecule has 1 aliphatic carbocycles. The second-order valence-electron chi connectivity index (χ2n) is 8.22. The normalized spacial score (nSPS) is 21.4. The van der Waals surface area contributed by atoms with Gasteiger partial charge < -0.3 is 9.47 Å². The van der Waals surface area contributed by atoms with Gasteiger partial charge in [0.15, 0.2) is 5.78 Å². The number of carbonyl (C=O) groups is 2. The summed E-state index contributed by atoms with van der Waals surface area (Å²) in [4.78, 5) is 26.8. The largest absolute Gasteiger partial charge is 0.497 e. The van der Waals surface area contributed by atoms with Gasteiger partial charge in [-0.1, -0.05) is 30.3 Å². The van der Waals surface area contributed by atoms with Crippen molar-refractivity contribution in [2.24, 2.45) is 0 Å². The minimum atomic E-state index is -0.354. The number of carbonyl (C=O) groups excluding carboxylic acids is 2. The van der Waals surface area contributed by atoms with Crippen LogP contribution in [0.15, 0.2) is 59.8 Å². The summed E-state index contributed by atoms with van der Waals surface area (Å²) in [5.41, 5.74) is 3.44. The number of ether oxygens (including phenoxy) is 2. The van der Waals surface area contributed by atoms with Crippen molar-refractivity contribution in [2.75, 3.05) is 28.3 Å². The Hall–Kier alpha value is -3.12. The molecule has 0 fully saturated rings. The van der Waals surface area contributed by atoms with E-state index in [-0.39, 0.29) is 29.9 Å². The molecule has 6 heteroatoms. The number of hydrazine groups is 1. The first-order valence-corrected chi connectivity index (χ1v) is 10.5. The van der Waals surface area contributed by atoms with Gasteiger partial charge in [-0.3, -0.25) is 9.59 Å². The van der Waals surface area contributed by atoms with E-state index < -0.39 is 0 Å². The van der Waals surface area contributed by atoms with Crippen molar-refractivity contribution in [1.82, 2.24) is 10.0 Å². The summed E-state index contributed by atoms with van der Waals surface area (Å²) in [7, 11) is 6.88. The number of Topliss-reactive ketones (excluding diaryl/α,β-unsaturated/α-hetero) is 1. The van der Waals surface area contributed by atoms with Crippen molar-refractivity contribution < 1.29 is 19.1 Å². The second kappa shape index (κ2) is 8.55. The average Bonchev–Trinajstić information content (AvgIpc) is 2.78. The summed E-state index contributed by atoms with van der Waals surface area (Å²) in [5.74, 6) is 1.08. The van der Waals surface area contributed by atoms with Crippen LogP contribution in [-0.2, 0) is 9.59 Å². The first kappa shape index (κ1) is 21.1. The Labute approximate surface area is 183 Å². The number of hydrogen-bond donors (Lipinski definition) is 0. The van der Waals surface area contributed by atoms with E-state index >= 15 is 0 Å². The van der Waals surface area contributed by atoms with Gasteiger partial charge in [0.25, 0.3) is 0 Å². The van der Waals surface area contributed by atoms with E-state index in [1.807, 2.05) is 50.5 Å². The van der Waals surface area contributed by atoms with Gasteiger partial charge in [0.05, 0.1) is 14.2 Å². The molecule has 0 bridgehead atoms. The molecule has 2 aliphatic rings. The van der Waals surface area contributed by atoms with Crippen LogP contribution in [0.2, 0.25) is 0 Å². The van der Waals surface area contributed by atoms with Crippen LogP contribution in [0.3, 0.4) is 0 Å². The maximum Gasteiger partial charge on any atom is 0.242 e. The van der Waals surface area contributed by atoms with Crippen LogP contribution in [0, 0.1) is 0 Å². The Morgan fingerprint density at radius 2 is 1.68 bits per heavy atom. The third-order valence-electron chi connectivity index (χ3n) is 6.19. The molecule has 0 radical (unpaired) electrons. The van der Waals surface area contributed by atoms with Gasteiger partial charge in [0.1, 0.15) is 11.5 Å². The summed E-state index contributed by atoms with van der Waals surface area (Å²) in [6.45, 7) is 0. The zero-order valence-corrected chi connectivity index (χ0v) is 18.4. The van der Waals surface area contributed by atoms with Crippen LogP contribution in [0.5, 0.6) is 11.5 Å². The maximum absolute atomic E-state index is 13.5. The van der Waals surface area contributed by atoms with Crippen molar-refractivity contribution in [3.05, 3.63) is 70.9 Å².